The molecule has 1 aliphatic rings. The lowest BCUT2D eigenvalue weighted by atomic mass is 9.89. The first-order valence-corrected chi connectivity index (χ1v) is 8.46. The zero-order chi connectivity index (χ0) is 16.0. The Balaban J connectivity index is 1.62. The van der Waals surface area contributed by atoms with Gasteiger partial charge in [-0.2, -0.15) is 0 Å². The fraction of sp³-hybridized carbons (Fsp3) is 0.400. The van der Waals surface area contributed by atoms with E-state index in [1.807, 2.05) is 6.07 Å². The molecule has 3 heteroatoms. The van der Waals surface area contributed by atoms with Gasteiger partial charge in [-0.1, -0.05) is 60.7 Å². The lowest BCUT2D eigenvalue weighted by molar-refractivity contribution is 0.0622. The fourth-order valence-corrected chi connectivity index (χ4v) is 3.42. The summed E-state index contributed by atoms with van der Waals surface area (Å²) in [5.74, 6) is 0. The summed E-state index contributed by atoms with van der Waals surface area (Å²) in [5.41, 5.74) is 2.41. The Hall–Kier alpha value is -1.68. The molecule has 3 nitrogen and oxygen atoms in total. The third kappa shape index (κ3) is 4.41. The van der Waals surface area contributed by atoms with Gasteiger partial charge in [0.1, 0.15) is 0 Å². The number of aliphatic hydroxyl groups excluding tert-OH is 1. The molecule has 1 heterocycles. The average molecular weight is 310 g/mol. The van der Waals surface area contributed by atoms with Gasteiger partial charge in [0, 0.05) is 19.6 Å². The van der Waals surface area contributed by atoms with Gasteiger partial charge in [0.15, 0.2) is 0 Å². The first-order valence-electron chi connectivity index (χ1n) is 8.46. The van der Waals surface area contributed by atoms with Crippen molar-refractivity contribution in [3.63, 3.8) is 0 Å². The van der Waals surface area contributed by atoms with Crippen molar-refractivity contribution in [2.45, 2.75) is 31.5 Å². The van der Waals surface area contributed by atoms with E-state index in [4.69, 9.17) is 0 Å². The van der Waals surface area contributed by atoms with Crippen molar-refractivity contribution < 1.29 is 5.11 Å². The molecule has 1 aliphatic heterocycles. The van der Waals surface area contributed by atoms with Gasteiger partial charge in [-0.3, -0.25) is 4.90 Å². The Morgan fingerprint density at radius 3 is 2.26 bits per heavy atom. The zero-order valence-corrected chi connectivity index (χ0v) is 13.6. The van der Waals surface area contributed by atoms with Crippen LogP contribution in [0, 0.1) is 0 Å². The maximum atomic E-state index is 10.0. The number of nitrogens with one attached hydrogen (secondary N) is 1. The number of piperidine rings is 1. The lowest BCUT2D eigenvalue weighted by Gasteiger charge is -2.42. The molecule has 0 aliphatic carbocycles. The van der Waals surface area contributed by atoms with Gasteiger partial charge < -0.3 is 10.4 Å². The molecule has 23 heavy (non-hydrogen) atoms. The number of hydrogen-bond acceptors (Lipinski definition) is 3. The highest BCUT2D eigenvalue weighted by atomic mass is 16.3. The summed E-state index contributed by atoms with van der Waals surface area (Å²) in [7, 11) is 0. The quantitative estimate of drug-likeness (QED) is 0.861. The van der Waals surface area contributed by atoms with E-state index in [0.717, 1.165) is 39.0 Å². The second kappa shape index (κ2) is 7.73. The van der Waals surface area contributed by atoms with Crippen LogP contribution >= 0.6 is 0 Å². The third-order valence-electron chi connectivity index (χ3n) is 4.72. The molecule has 0 saturated carbocycles. The summed E-state index contributed by atoms with van der Waals surface area (Å²) in [5, 5.41) is 13.6. The fourth-order valence-electron chi connectivity index (χ4n) is 3.42. The summed E-state index contributed by atoms with van der Waals surface area (Å²) in [6.45, 7) is 3.94. The van der Waals surface area contributed by atoms with Gasteiger partial charge in [0.2, 0.25) is 0 Å². The van der Waals surface area contributed by atoms with Crippen LogP contribution in [0.25, 0.3) is 0 Å². The molecule has 2 aromatic rings. The predicted molar refractivity (Wildman–Crippen MR) is 94.1 cm³/mol. The third-order valence-corrected chi connectivity index (χ3v) is 4.72. The highest BCUT2D eigenvalue weighted by Crippen LogP contribution is 2.23. The number of aliphatic hydroxyl groups is 1. The van der Waals surface area contributed by atoms with E-state index >= 15 is 0 Å². The van der Waals surface area contributed by atoms with E-state index in [2.05, 4.69) is 64.8 Å². The molecule has 1 atom stereocenters. The van der Waals surface area contributed by atoms with Crippen molar-refractivity contribution in [1.82, 2.24) is 10.2 Å². The van der Waals surface area contributed by atoms with E-state index in [1.54, 1.807) is 0 Å². The highest BCUT2D eigenvalue weighted by Gasteiger charge is 2.34. The van der Waals surface area contributed by atoms with Gasteiger partial charge in [0.05, 0.1) is 12.1 Å². The number of benzene rings is 2. The first-order chi connectivity index (χ1) is 11.3. The van der Waals surface area contributed by atoms with Gasteiger partial charge in [-0.25, -0.2) is 0 Å². The molecule has 0 aromatic heterocycles. The normalized spacial score (nSPS) is 22.1. The van der Waals surface area contributed by atoms with Gasteiger partial charge in [-0.15, -0.1) is 0 Å². The molecule has 0 radical (unpaired) electrons. The molecule has 2 N–H and O–H groups in total. The van der Waals surface area contributed by atoms with E-state index in [0.29, 0.717) is 0 Å². The summed E-state index contributed by atoms with van der Waals surface area (Å²) in [6, 6.07) is 21.0. The molecule has 3 rings (SSSR count). The lowest BCUT2D eigenvalue weighted by Crippen LogP contribution is -2.58. The van der Waals surface area contributed by atoms with Crippen molar-refractivity contribution in [3.8, 4) is 0 Å². The average Bonchev–Trinajstić information content (AvgIpc) is 2.62. The Morgan fingerprint density at radius 1 is 0.957 bits per heavy atom. The molecule has 1 unspecified atom stereocenters. The van der Waals surface area contributed by atoms with E-state index in [9.17, 15) is 5.11 Å². The van der Waals surface area contributed by atoms with Gasteiger partial charge in [0.25, 0.3) is 0 Å². The minimum Gasteiger partial charge on any atom is -0.394 e. The molecule has 1 fully saturated rings. The molecule has 1 saturated heterocycles. The van der Waals surface area contributed by atoms with Crippen molar-refractivity contribution >= 4 is 0 Å². The number of hydrogen-bond donors (Lipinski definition) is 2. The molecule has 0 bridgehead atoms. The van der Waals surface area contributed by atoms with Crippen LogP contribution in [0.15, 0.2) is 60.7 Å². The van der Waals surface area contributed by atoms with Crippen molar-refractivity contribution in [1.29, 1.82) is 0 Å². The Kier molecular flexibility index (Phi) is 5.44. The zero-order valence-electron chi connectivity index (χ0n) is 13.6. The molecule has 0 spiro atoms. The maximum absolute atomic E-state index is 10.0. The van der Waals surface area contributed by atoms with Crippen LogP contribution < -0.4 is 5.32 Å². The molecular weight excluding hydrogens is 284 g/mol. The Morgan fingerprint density at radius 2 is 1.61 bits per heavy atom. The highest BCUT2D eigenvalue weighted by molar-refractivity contribution is 5.16. The van der Waals surface area contributed by atoms with Gasteiger partial charge >= 0.3 is 0 Å². The topological polar surface area (TPSA) is 35.5 Å². The summed E-state index contributed by atoms with van der Waals surface area (Å²) < 4.78 is 0. The van der Waals surface area contributed by atoms with Gasteiger partial charge in [-0.05, 0) is 30.5 Å². The van der Waals surface area contributed by atoms with Crippen LogP contribution in [0.2, 0.25) is 0 Å². The smallest absolute Gasteiger partial charge is 0.0626 e. The summed E-state index contributed by atoms with van der Waals surface area (Å²) in [4.78, 5) is 2.45. The molecular formula is C20H26N2O. The van der Waals surface area contributed by atoms with Crippen LogP contribution in [0.1, 0.15) is 24.0 Å². The van der Waals surface area contributed by atoms with Crippen molar-refractivity contribution in [2.24, 2.45) is 0 Å². The van der Waals surface area contributed by atoms with E-state index in [-0.39, 0.29) is 12.1 Å². The number of rotatable bonds is 6. The summed E-state index contributed by atoms with van der Waals surface area (Å²) >= 11 is 0. The predicted octanol–water partition coefficient (Wildman–Crippen LogP) is 2.80. The van der Waals surface area contributed by atoms with E-state index < -0.39 is 0 Å². The second-order valence-electron chi connectivity index (χ2n) is 6.58. The van der Waals surface area contributed by atoms with Crippen molar-refractivity contribution in [2.75, 3.05) is 19.7 Å². The SMILES string of the molecule is OCC1(NCc2ccccc2)CCCN(Cc2ccccc2)C1. The monoisotopic (exact) mass is 310 g/mol. The molecule has 122 valence electrons. The Labute approximate surface area is 139 Å². The second-order valence-corrected chi connectivity index (χ2v) is 6.58. The van der Waals surface area contributed by atoms with Crippen molar-refractivity contribution in [3.05, 3.63) is 71.8 Å². The van der Waals surface area contributed by atoms with Crippen LogP contribution in [0.5, 0.6) is 0 Å². The minimum atomic E-state index is -0.192. The number of likely N-dealkylation sites (tertiary alicyclic amines) is 1. The van der Waals surface area contributed by atoms with Crippen LogP contribution in [-0.4, -0.2) is 35.2 Å². The molecule has 2 aromatic carbocycles. The summed E-state index contributed by atoms with van der Waals surface area (Å²) in [6.07, 6.45) is 2.15. The Bertz CT molecular complexity index is 587. The van der Waals surface area contributed by atoms with Crippen LogP contribution in [-0.2, 0) is 13.1 Å². The largest absolute Gasteiger partial charge is 0.394 e. The minimum absolute atomic E-state index is 0.186. The maximum Gasteiger partial charge on any atom is 0.0626 e. The first kappa shape index (κ1) is 16.2. The standard InChI is InChI=1S/C20H26N2O/c23-17-20(21-14-18-8-3-1-4-9-18)12-7-13-22(16-20)15-19-10-5-2-6-11-19/h1-6,8-11,21,23H,7,12-17H2. The van der Waals surface area contributed by atoms with Crippen LogP contribution in [0.3, 0.4) is 0 Å². The number of nitrogens with zero attached hydrogens (tertiary/aromatic N) is 1. The van der Waals surface area contributed by atoms with Crippen LogP contribution in [0.4, 0.5) is 0 Å². The molecule has 0 amide bonds. The van der Waals surface area contributed by atoms with E-state index in [1.165, 1.54) is 11.1 Å².